The molecule has 0 radical (unpaired) electrons. The van der Waals surface area contributed by atoms with E-state index >= 15 is 0 Å². The predicted octanol–water partition coefficient (Wildman–Crippen LogP) is 4.16. The van der Waals surface area contributed by atoms with Gasteiger partial charge in [-0.2, -0.15) is 0 Å². The molecule has 6 heteroatoms. The van der Waals surface area contributed by atoms with Crippen LogP contribution in [0, 0.1) is 20.8 Å². The van der Waals surface area contributed by atoms with E-state index in [2.05, 4.69) is 4.72 Å². The number of anilines is 2. The van der Waals surface area contributed by atoms with Gasteiger partial charge in [-0.05, 0) is 50.1 Å². The fourth-order valence-corrected chi connectivity index (χ4v) is 5.28. The lowest BCUT2D eigenvalue weighted by molar-refractivity contribution is 0.0999. The molecule has 1 amide bonds. The van der Waals surface area contributed by atoms with E-state index in [0.29, 0.717) is 22.0 Å². The Bertz CT molecular complexity index is 1210. The number of hydrogen-bond donors (Lipinski definition) is 1. The second-order valence-electron chi connectivity index (χ2n) is 7.05. The fraction of sp³-hybridized carbons (Fsp3) is 0.190. The number of carbonyl (C=O) groups excluding carboxylic acids is 1. The van der Waals surface area contributed by atoms with Gasteiger partial charge in [-0.15, -0.1) is 0 Å². The van der Waals surface area contributed by atoms with Crippen LogP contribution in [0.3, 0.4) is 0 Å². The van der Waals surface area contributed by atoms with Crippen LogP contribution >= 0.6 is 0 Å². The van der Waals surface area contributed by atoms with E-state index in [1.165, 1.54) is 0 Å². The first-order chi connectivity index (χ1) is 12.7. The minimum Gasteiger partial charge on any atom is -0.311 e. The van der Waals surface area contributed by atoms with Crippen molar-refractivity contribution in [2.24, 2.45) is 0 Å². The van der Waals surface area contributed by atoms with Gasteiger partial charge in [-0.25, -0.2) is 8.42 Å². The Morgan fingerprint density at radius 3 is 2.30 bits per heavy atom. The van der Waals surface area contributed by atoms with E-state index in [0.717, 1.165) is 22.4 Å². The van der Waals surface area contributed by atoms with Gasteiger partial charge in [0.1, 0.15) is 0 Å². The van der Waals surface area contributed by atoms with Gasteiger partial charge in [0.05, 0.1) is 16.3 Å². The van der Waals surface area contributed by atoms with E-state index in [1.54, 1.807) is 42.3 Å². The van der Waals surface area contributed by atoms with Crippen molar-refractivity contribution in [3.8, 4) is 0 Å². The number of hydrogen-bond acceptors (Lipinski definition) is 3. The van der Waals surface area contributed by atoms with Crippen LogP contribution in [0.25, 0.3) is 10.8 Å². The van der Waals surface area contributed by atoms with Crippen molar-refractivity contribution in [2.45, 2.75) is 25.7 Å². The van der Waals surface area contributed by atoms with Gasteiger partial charge in [0, 0.05) is 23.4 Å². The summed E-state index contributed by atoms with van der Waals surface area (Å²) in [5.74, 6) is -0.122. The van der Waals surface area contributed by atoms with Crippen LogP contribution in [0.4, 0.5) is 11.4 Å². The van der Waals surface area contributed by atoms with Crippen LogP contribution in [0.15, 0.2) is 47.4 Å². The molecule has 0 unspecified atom stereocenters. The number of nitrogens with zero attached hydrogens (tertiary/aromatic N) is 1. The highest BCUT2D eigenvalue weighted by atomic mass is 32.2. The lowest BCUT2D eigenvalue weighted by atomic mass is 10.1. The maximum Gasteiger partial charge on any atom is 0.262 e. The molecule has 3 aromatic carbocycles. The van der Waals surface area contributed by atoms with Crippen LogP contribution in [-0.4, -0.2) is 21.4 Å². The van der Waals surface area contributed by atoms with E-state index in [4.69, 9.17) is 0 Å². The average molecular weight is 380 g/mol. The molecular weight excluding hydrogens is 360 g/mol. The van der Waals surface area contributed by atoms with Crippen molar-refractivity contribution in [3.05, 3.63) is 64.7 Å². The van der Waals surface area contributed by atoms with E-state index < -0.39 is 10.0 Å². The Morgan fingerprint density at radius 1 is 0.963 bits per heavy atom. The second-order valence-corrected chi connectivity index (χ2v) is 8.71. The van der Waals surface area contributed by atoms with Crippen LogP contribution < -0.4 is 9.62 Å². The zero-order valence-electron chi connectivity index (χ0n) is 15.6. The summed E-state index contributed by atoms with van der Waals surface area (Å²) in [6.45, 7) is 5.76. The Kier molecular flexibility index (Phi) is 3.78. The molecule has 1 N–H and O–H groups in total. The van der Waals surface area contributed by atoms with Gasteiger partial charge >= 0.3 is 0 Å². The first-order valence-electron chi connectivity index (χ1n) is 8.65. The molecule has 1 aliphatic heterocycles. The monoisotopic (exact) mass is 380 g/mol. The summed E-state index contributed by atoms with van der Waals surface area (Å²) in [6, 6.07) is 12.4. The molecule has 0 bridgehead atoms. The summed E-state index contributed by atoms with van der Waals surface area (Å²) in [5, 5.41) is 1.24. The molecule has 4 rings (SSSR count). The van der Waals surface area contributed by atoms with Crippen LogP contribution in [0.1, 0.15) is 27.0 Å². The van der Waals surface area contributed by atoms with Gasteiger partial charge in [0.25, 0.3) is 15.9 Å². The average Bonchev–Trinajstić information content (AvgIpc) is 2.85. The van der Waals surface area contributed by atoms with Gasteiger partial charge in [0.2, 0.25) is 0 Å². The van der Waals surface area contributed by atoms with Crippen molar-refractivity contribution in [1.29, 1.82) is 0 Å². The molecule has 0 aliphatic carbocycles. The normalized spacial score (nSPS) is 13.5. The van der Waals surface area contributed by atoms with E-state index in [1.807, 2.05) is 32.9 Å². The highest BCUT2D eigenvalue weighted by molar-refractivity contribution is 7.93. The van der Waals surface area contributed by atoms with Gasteiger partial charge in [-0.3, -0.25) is 9.52 Å². The van der Waals surface area contributed by atoms with Crippen LogP contribution in [0.2, 0.25) is 0 Å². The Labute approximate surface area is 158 Å². The molecule has 0 fully saturated rings. The molecule has 5 nitrogen and oxygen atoms in total. The summed E-state index contributed by atoms with van der Waals surface area (Å²) in [7, 11) is -2.12. The predicted molar refractivity (Wildman–Crippen MR) is 108 cm³/mol. The van der Waals surface area contributed by atoms with Crippen molar-refractivity contribution < 1.29 is 13.2 Å². The summed E-state index contributed by atoms with van der Waals surface area (Å²) in [4.78, 5) is 14.1. The fourth-order valence-electron chi connectivity index (χ4n) is 3.87. The van der Waals surface area contributed by atoms with Crippen molar-refractivity contribution in [2.75, 3.05) is 16.7 Å². The summed E-state index contributed by atoms with van der Waals surface area (Å²) in [5.41, 5.74) is 4.68. The van der Waals surface area contributed by atoms with Crippen LogP contribution in [0.5, 0.6) is 0 Å². The SMILES string of the molecule is Cc1cc(C)c(NS(=O)(=O)c2ccc3c4c(cccc24)C(=O)N3C)c(C)c1. The Morgan fingerprint density at radius 2 is 1.63 bits per heavy atom. The first-order valence-corrected chi connectivity index (χ1v) is 10.1. The zero-order chi connectivity index (χ0) is 19.5. The molecule has 1 aliphatic rings. The number of carbonyl (C=O) groups is 1. The van der Waals surface area contributed by atoms with Crippen molar-refractivity contribution >= 4 is 38.1 Å². The molecule has 3 aromatic rings. The number of benzene rings is 3. The third kappa shape index (κ3) is 2.59. The lowest BCUT2D eigenvalue weighted by Gasteiger charge is -2.16. The Balaban J connectivity index is 1.90. The third-order valence-electron chi connectivity index (χ3n) is 5.08. The largest absolute Gasteiger partial charge is 0.311 e. The third-order valence-corrected chi connectivity index (χ3v) is 6.49. The number of aryl methyl sites for hydroxylation is 3. The molecule has 0 saturated carbocycles. The quantitative estimate of drug-likeness (QED) is 0.742. The van der Waals surface area contributed by atoms with E-state index in [9.17, 15) is 13.2 Å². The van der Waals surface area contributed by atoms with E-state index in [-0.39, 0.29) is 10.8 Å². The standard InChI is InChI=1S/C21H20N2O3S/c1-12-10-13(2)20(14(3)11-12)22-27(25,26)18-9-8-17-19-15(18)6-5-7-16(19)21(24)23(17)4/h5-11,22H,1-4H3. The van der Waals surface area contributed by atoms with Crippen LogP contribution in [-0.2, 0) is 10.0 Å². The number of nitrogens with one attached hydrogen (secondary N) is 1. The molecule has 138 valence electrons. The van der Waals surface area contributed by atoms with Gasteiger partial charge < -0.3 is 4.90 Å². The summed E-state index contributed by atoms with van der Waals surface area (Å²) >= 11 is 0. The maximum absolute atomic E-state index is 13.2. The minimum atomic E-state index is -3.82. The van der Waals surface area contributed by atoms with Crippen molar-refractivity contribution in [1.82, 2.24) is 0 Å². The summed E-state index contributed by atoms with van der Waals surface area (Å²) in [6.07, 6.45) is 0. The molecule has 0 saturated heterocycles. The lowest BCUT2D eigenvalue weighted by Crippen LogP contribution is -2.20. The molecule has 1 heterocycles. The first kappa shape index (κ1) is 17.5. The highest BCUT2D eigenvalue weighted by Crippen LogP contribution is 2.39. The number of amides is 1. The molecule has 0 aromatic heterocycles. The minimum absolute atomic E-state index is 0.122. The number of sulfonamides is 1. The highest BCUT2D eigenvalue weighted by Gasteiger charge is 2.30. The molecular formula is C21H20N2O3S. The smallest absolute Gasteiger partial charge is 0.262 e. The van der Waals surface area contributed by atoms with Gasteiger partial charge in [-0.1, -0.05) is 29.8 Å². The van der Waals surface area contributed by atoms with Crippen molar-refractivity contribution in [3.63, 3.8) is 0 Å². The molecule has 0 spiro atoms. The van der Waals surface area contributed by atoms with Gasteiger partial charge in [0.15, 0.2) is 0 Å². The zero-order valence-corrected chi connectivity index (χ0v) is 16.4. The second kappa shape index (κ2) is 5.82. The topological polar surface area (TPSA) is 66.5 Å². The maximum atomic E-state index is 13.2. The summed E-state index contributed by atoms with van der Waals surface area (Å²) < 4.78 is 29.1. The Hall–Kier alpha value is -2.86. The molecule has 0 atom stereocenters. The number of rotatable bonds is 3. The molecule has 27 heavy (non-hydrogen) atoms.